The van der Waals surface area contributed by atoms with Crippen molar-refractivity contribution in [2.75, 3.05) is 39.6 Å². The Morgan fingerprint density at radius 1 is 0.283 bits per heavy atom. The topological polar surface area (TPSA) is 237 Å². The van der Waals surface area contributed by atoms with Gasteiger partial charge in [0.05, 0.1) is 26.4 Å². The number of hydrogen-bond donors (Lipinski definition) is 3. The van der Waals surface area contributed by atoms with E-state index in [2.05, 4.69) is 55.4 Å². The Morgan fingerprint density at radius 3 is 0.717 bits per heavy atom. The molecule has 0 saturated carbocycles. The van der Waals surface area contributed by atoms with Crippen LogP contribution in [0.15, 0.2) is 0 Å². The van der Waals surface area contributed by atoms with Crippen molar-refractivity contribution in [3.05, 3.63) is 0 Å². The molecule has 0 heterocycles. The highest BCUT2D eigenvalue weighted by Crippen LogP contribution is 2.45. The molecule has 0 aromatic heterocycles. The molecule has 0 bridgehead atoms. The molecule has 0 saturated heterocycles. The van der Waals surface area contributed by atoms with Gasteiger partial charge in [-0.15, -0.1) is 0 Å². The molecule has 99 heavy (non-hydrogen) atoms. The van der Waals surface area contributed by atoms with Gasteiger partial charge in [0.15, 0.2) is 12.2 Å². The second kappa shape index (κ2) is 69.1. The molecular formula is C80H156O17P2. The highest BCUT2D eigenvalue weighted by molar-refractivity contribution is 7.47. The SMILES string of the molecule is CCC(C)CCCCCCCCCCCCCCCCCCCCC(=O)O[C@H](COC(=O)CCCCCCCCCC(C)C)COP(=O)(O)OCC(O)COP(=O)(O)OC[C@@H](COC(=O)CCCCCCCCCCCCCCC(C)C)OC(=O)CCCCCCCCCCCC(C)C. The number of phosphoric acid groups is 2. The van der Waals surface area contributed by atoms with Gasteiger partial charge in [0.1, 0.15) is 19.3 Å². The molecule has 0 aromatic carbocycles. The van der Waals surface area contributed by atoms with Crippen LogP contribution < -0.4 is 0 Å². The van der Waals surface area contributed by atoms with E-state index in [0.29, 0.717) is 31.6 Å². The van der Waals surface area contributed by atoms with Crippen molar-refractivity contribution >= 4 is 39.5 Å². The maximum Gasteiger partial charge on any atom is 0.472 e. The smallest absolute Gasteiger partial charge is 0.462 e. The highest BCUT2D eigenvalue weighted by atomic mass is 31.2. The molecule has 0 rings (SSSR count). The van der Waals surface area contributed by atoms with Crippen molar-refractivity contribution in [1.29, 1.82) is 0 Å². The van der Waals surface area contributed by atoms with Gasteiger partial charge in [-0.2, -0.15) is 0 Å². The number of hydrogen-bond acceptors (Lipinski definition) is 15. The Morgan fingerprint density at radius 2 is 0.485 bits per heavy atom. The maximum atomic E-state index is 13.1. The molecule has 19 heteroatoms. The third-order valence-corrected chi connectivity index (χ3v) is 20.8. The zero-order chi connectivity index (χ0) is 73.1. The quantitative estimate of drug-likeness (QED) is 0.0222. The lowest BCUT2D eigenvalue weighted by Crippen LogP contribution is -2.30. The first-order valence-electron chi connectivity index (χ1n) is 41.2. The molecule has 17 nitrogen and oxygen atoms in total. The van der Waals surface area contributed by atoms with Crippen molar-refractivity contribution in [3.63, 3.8) is 0 Å². The van der Waals surface area contributed by atoms with Gasteiger partial charge in [0.2, 0.25) is 0 Å². The molecule has 0 radical (unpaired) electrons. The first-order valence-corrected chi connectivity index (χ1v) is 44.2. The Labute approximate surface area is 607 Å². The minimum atomic E-state index is -4.96. The number of rotatable bonds is 77. The van der Waals surface area contributed by atoms with Gasteiger partial charge in [-0.1, -0.05) is 357 Å². The zero-order valence-corrected chi connectivity index (χ0v) is 66.9. The van der Waals surface area contributed by atoms with Crippen molar-refractivity contribution in [2.24, 2.45) is 23.7 Å². The average molecular weight is 1450 g/mol. The van der Waals surface area contributed by atoms with Crippen LogP contribution in [-0.4, -0.2) is 96.7 Å². The summed E-state index contributed by atoms with van der Waals surface area (Å²) in [6.07, 6.45) is 55.6. The van der Waals surface area contributed by atoms with Gasteiger partial charge >= 0.3 is 39.5 Å². The van der Waals surface area contributed by atoms with Crippen molar-refractivity contribution < 1.29 is 80.2 Å². The van der Waals surface area contributed by atoms with E-state index in [0.717, 1.165) is 114 Å². The van der Waals surface area contributed by atoms with Crippen LogP contribution in [0, 0.1) is 23.7 Å². The fraction of sp³-hybridized carbons (Fsp3) is 0.950. The largest absolute Gasteiger partial charge is 0.472 e. The molecule has 6 atom stereocenters. The Kier molecular flexibility index (Phi) is 67.8. The molecule has 0 fully saturated rings. The number of unbranched alkanes of at least 4 members (excludes halogenated alkanes) is 42. The molecule has 3 N–H and O–H groups in total. The van der Waals surface area contributed by atoms with Gasteiger partial charge in [0.25, 0.3) is 0 Å². The Bertz CT molecular complexity index is 1940. The van der Waals surface area contributed by atoms with Crippen LogP contribution >= 0.6 is 15.6 Å². The van der Waals surface area contributed by atoms with Gasteiger partial charge in [-0.05, 0) is 49.4 Å². The van der Waals surface area contributed by atoms with Gasteiger partial charge < -0.3 is 33.8 Å². The second-order valence-electron chi connectivity index (χ2n) is 30.5. The predicted molar refractivity (Wildman–Crippen MR) is 404 cm³/mol. The molecular weight excluding hydrogens is 1290 g/mol. The van der Waals surface area contributed by atoms with E-state index in [9.17, 15) is 43.2 Å². The van der Waals surface area contributed by atoms with Crippen LogP contribution in [0.1, 0.15) is 409 Å². The molecule has 0 spiro atoms. The summed E-state index contributed by atoms with van der Waals surface area (Å²) in [4.78, 5) is 72.9. The molecule has 0 aromatic rings. The minimum absolute atomic E-state index is 0.105. The summed E-state index contributed by atoms with van der Waals surface area (Å²) < 4.78 is 68.6. The van der Waals surface area contributed by atoms with E-state index in [4.69, 9.17) is 37.0 Å². The molecule has 0 amide bonds. The number of aliphatic hydroxyl groups is 1. The lowest BCUT2D eigenvalue weighted by molar-refractivity contribution is -0.161. The standard InChI is InChI=1S/C80H156O17P2/c1-9-73(8)59-51-43-35-27-21-16-14-12-10-11-13-15-17-23-29-37-46-54-62-79(84)96-76(67-91-78(83)61-53-45-39-31-34-42-50-58-72(6)7)69-95-99(88,89)93-65-74(81)64-92-98(86,87)94-68-75(97-80(85)63-55-47-38-30-24-26-33-41-49-57-71(4)5)66-90-77(82)60-52-44-36-28-22-19-18-20-25-32-40-48-56-70(2)3/h70-76,81H,9-69H2,1-8H3,(H,86,87)(H,88,89)/t73?,74?,75-,76-/m1/s1. The number of aliphatic hydroxyl groups excluding tert-OH is 1. The average Bonchev–Trinajstić information content (AvgIpc) is 1.21. The van der Waals surface area contributed by atoms with Crippen LogP contribution in [0.4, 0.5) is 0 Å². The van der Waals surface area contributed by atoms with Gasteiger partial charge in [-0.25, -0.2) is 9.13 Å². The predicted octanol–water partition coefficient (Wildman–Crippen LogP) is 23.6. The second-order valence-corrected chi connectivity index (χ2v) is 33.4. The van der Waals surface area contributed by atoms with E-state index >= 15 is 0 Å². The van der Waals surface area contributed by atoms with E-state index < -0.39 is 97.5 Å². The van der Waals surface area contributed by atoms with E-state index in [1.165, 1.54) is 205 Å². The van der Waals surface area contributed by atoms with Crippen LogP contribution in [0.25, 0.3) is 0 Å². The van der Waals surface area contributed by atoms with E-state index in [1.807, 2.05) is 0 Å². The Balaban J connectivity index is 5.18. The van der Waals surface area contributed by atoms with Crippen molar-refractivity contribution in [1.82, 2.24) is 0 Å². The molecule has 0 aliphatic carbocycles. The fourth-order valence-corrected chi connectivity index (χ4v) is 13.8. The van der Waals surface area contributed by atoms with Crippen LogP contribution in [-0.2, 0) is 65.4 Å². The molecule has 588 valence electrons. The molecule has 0 aliphatic rings. The van der Waals surface area contributed by atoms with Gasteiger partial charge in [0, 0.05) is 25.7 Å². The number of phosphoric ester groups is 2. The van der Waals surface area contributed by atoms with Crippen LogP contribution in [0.5, 0.6) is 0 Å². The summed E-state index contributed by atoms with van der Waals surface area (Å²) >= 11 is 0. The highest BCUT2D eigenvalue weighted by Gasteiger charge is 2.30. The van der Waals surface area contributed by atoms with Crippen LogP contribution in [0.3, 0.4) is 0 Å². The monoisotopic (exact) mass is 1450 g/mol. The summed E-state index contributed by atoms with van der Waals surface area (Å²) in [7, 11) is -9.92. The van der Waals surface area contributed by atoms with E-state index in [-0.39, 0.29) is 25.7 Å². The third-order valence-electron chi connectivity index (χ3n) is 18.9. The molecule has 4 unspecified atom stereocenters. The number of carbonyl (C=O) groups is 4. The summed E-state index contributed by atoms with van der Waals surface area (Å²) in [5, 5.41) is 10.6. The zero-order valence-electron chi connectivity index (χ0n) is 65.1. The van der Waals surface area contributed by atoms with Gasteiger partial charge in [-0.3, -0.25) is 37.3 Å². The lowest BCUT2D eigenvalue weighted by atomic mass is 9.99. The third kappa shape index (κ3) is 72.8. The summed E-state index contributed by atoms with van der Waals surface area (Å²) in [6, 6.07) is 0. The van der Waals surface area contributed by atoms with Crippen molar-refractivity contribution in [2.45, 2.75) is 427 Å². The number of ether oxygens (including phenoxy) is 4. The fourth-order valence-electron chi connectivity index (χ4n) is 12.2. The van der Waals surface area contributed by atoms with E-state index in [1.54, 1.807) is 0 Å². The maximum absolute atomic E-state index is 13.1. The normalized spacial score (nSPS) is 14.3. The summed E-state index contributed by atoms with van der Waals surface area (Å²) in [5.41, 5.74) is 0. The van der Waals surface area contributed by atoms with Crippen molar-refractivity contribution in [3.8, 4) is 0 Å². The lowest BCUT2D eigenvalue weighted by Gasteiger charge is -2.21. The first kappa shape index (κ1) is 97.1. The minimum Gasteiger partial charge on any atom is -0.462 e. The summed E-state index contributed by atoms with van der Waals surface area (Å²) in [5.74, 6) is 0.976. The van der Waals surface area contributed by atoms with Crippen LogP contribution in [0.2, 0.25) is 0 Å². The Hall–Kier alpha value is -1.94. The molecule has 0 aliphatic heterocycles. The first-order chi connectivity index (χ1) is 47.6. The number of esters is 4. The number of carbonyl (C=O) groups excluding carboxylic acids is 4. The summed E-state index contributed by atoms with van der Waals surface area (Å²) in [6.45, 7) is 14.2.